The topological polar surface area (TPSA) is 12.0 Å². The van der Waals surface area contributed by atoms with Crippen molar-refractivity contribution < 1.29 is 4.39 Å². The Hall–Kier alpha value is -0.890. The fourth-order valence-electron chi connectivity index (χ4n) is 2.03. The molecule has 1 unspecified atom stereocenters. The number of likely N-dealkylation sites (N-methyl/N-ethyl adjacent to an activating group) is 1. The van der Waals surface area contributed by atoms with E-state index in [2.05, 4.69) is 26.1 Å². The molecule has 0 saturated carbocycles. The third-order valence-electron chi connectivity index (χ3n) is 3.08. The average Bonchev–Trinajstić information content (AvgIpc) is 2.30. The fourth-order valence-corrected chi connectivity index (χ4v) is 2.03. The minimum Gasteiger partial charge on any atom is -0.316 e. The summed E-state index contributed by atoms with van der Waals surface area (Å²) in [6.07, 6.45) is 2.19. The molecule has 1 rings (SSSR count). The van der Waals surface area contributed by atoms with Crippen LogP contribution in [0.4, 0.5) is 4.39 Å². The predicted molar refractivity (Wildman–Crippen MR) is 71.8 cm³/mol. The van der Waals surface area contributed by atoms with E-state index in [1.165, 1.54) is 0 Å². The minimum absolute atomic E-state index is 0.0702. The summed E-state index contributed by atoms with van der Waals surface area (Å²) in [5, 5.41) is 3.33. The summed E-state index contributed by atoms with van der Waals surface area (Å²) in [5.41, 5.74) is 0.856. The van der Waals surface area contributed by atoms with Gasteiger partial charge in [0.15, 0.2) is 0 Å². The molecule has 1 atom stereocenters. The fraction of sp³-hybridized carbons (Fsp3) is 0.600. The average molecular weight is 237 g/mol. The highest BCUT2D eigenvalue weighted by Gasteiger charge is 2.15. The summed E-state index contributed by atoms with van der Waals surface area (Å²) in [6, 6.07) is 7.15. The molecule has 1 aromatic carbocycles. The van der Waals surface area contributed by atoms with E-state index in [0.717, 1.165) is 31.5 Å². The van der Waals surface area contributed by atoms with E-state index in [1.54, 1.807) is 12.1 Å². The normalized spacial score (nSPS) is 13.0. The molecule has 1 nitrogen and oxygen atoms in total. The van der Waals surface area contributed by atoms with Crippen molar-refractivity contribution in [1.82, 2.24) is 5.32 Å². The predicted octanol–water partition coefficient (Wildman–Crippen LogP) is 3.96. The standard InChI is InChI=1S/C15H24FN/c1-4-17-11-13(10-9-12(2)3)14-7-5-6-8-15(14)16/h5-8,12-13,17H,4,9-11H2,1-3H3. The lowest BCUT2D eigenvalue weighted by Crippen LogP contribution is -2.22. The van der Waals surface area contributed by atoms with Crippen molar-refractivity contribution in [2.75, 3.05) is 13.1 Å². The molecular formula is C15H24FN. The highest BCUT2D eigenvalue weighted by Crippen LogP contribution is 2.25. The third-order valence-corrected chi connectivity index (χ3v) is 3.08. The van der Waals surface area contributed by atoms with Crippen molar-refractivity contribution in [3.8, 4) is 0 Å². The Morgan fingerprint density at radius 1 is 1.18 bits per heavy atom. The van der Waals surface area contributed by atoms with Crippen molar-refractivity contribution in [2.45, 2.75) is 39.5 Å². The molecule has 0 aliphatic heterocycles. The van der Waals surface area contributed by atoms with Crippen LogP contribution in [0.5, 0.6) is 0 Å². The number of hydrogen-bond acceptors (Lipinski definition) is 1. The summed E-state index contributed by atoms with van der Waals surface area (Å²) < 4.78 is 13.8. The Balaban J connectivity index is 2.71. The van der Waals surface area contributed by atoms with Crippen LogP contribution in [0.3, 0.4) is 0 Å². The first-order valence-corrected chi connectivity index (χ1v) is 6.60. The number of hydrogen-bond donors (Lipinski definition) is 1. The van der Waals surface area contributed by atoms with Crippen molar-refractivity contribution in [2.24, 2.45) is 5.92 Å². The number of benzene rings is 1. The van der Waals surface area contributed by atoms with E-state index >= 15 is 0 Å². The summed E-state index contributed by atoms with van der Waals surface area (Å²) in [4.78, 5) is 0. The summed E-state index contributed by atoms with van der Waals surface area (Å²) in [6.45, 7) is 8.31. The van der Waals surface area contributed by atoms with E-state index in [-0.39, 0.29) is 5.82 Å². The Labute approximate surface area is 104 Å². The number of nitrogens with one attached hydrogen (secondary N) is 1. The zero-order valence-electron chi connectivity index (χ0n) is 11.2. The van der Waals surface area contributed by atoms with Crippen molar-refractivity contribution in [3.63, 3.8) is 0 Å². The SMILES string of the molecule is CCNCC(CCC(C)C)c1ccccc1F. The van der Waals surface area contributed by atoms with Gasteiger partial charge in [0.1, 0.15) is 5.82 Å². The molecular weight excluding hydrogens is 213 g/mol. The molecule has 0 heterocycles. The molecule has 0 aliphatic rings. The van der Waals surface area contributed by atoms with Crippen LogP contribution >= 0.6 is 0 Å². The highest BCUT2D eigenvalue weighted by atomic mass is 19.1. The van der Waals surface area contributed by atoms with Crippen molar-refractivity contribution in [3.05, 3.63) is 35.6 Å². The van der Waals surface area contributed by atoms with Crippen molar-refractivity contribution in [1.29, 1.82) is 0 Å². The zero-order valence-corrected chi connectivity index (χ0v) is 11.2. The maximum atomic E-state index is 13.8. The molecule has 1 aromatic rings. The first-order chi connectivity index (χ1) is 8.15. The van der Waals surface area contributed by atoms with Gasteiger partial charge in [0.25, 0.3) is 0 Å². The van der Waals surface area contributed by atoms with E-state index < -0.39 is 0 Å². The second-order valence-corrected chi connectivity index (χ2v) is 5.00. The van der Waals surface area contributed by atoms with Gasteiger partial charge in [0, 0.05) is 6.54 Å². The maximum absolute atomic E-state index is 13.8. The van der Waals surface area contributed by atoms with E-state index in [9.17, 15) is 4.39 Å². The van der Waals surface area contributed by atoms with Gasteiger partial charge in [-0.1, -0.05) is 45.4 Å². The molecule has 0 amide bonds. The number of halogens is 1. The van der Waals surface area contributed by atoms with Crippen LogP contribution in [-0.2, 0) is 0 Å². The third kappa shape index (κ3) is 4.86. The lowest BCUT2D eigenvalue weighted by molar-refractivity contribution is 0.465. The molecule has 96 valence electrons. The molecule has 0 aromatic heterocycles. The Morgan fingerprint density at radius 2 is 1.88 bits per heavy atom. The molecule has 0 aliphatic carbocycles. The molecule has 2 heteroatoms. The molecule has 0 bridgehead atoms. The zero-order chi connectivity index (χ0) is 12.7. The lowest BCUT2D eigenvalue weighted by atomic mass is 9.91. The van der Waals surface area contributed by atoms with Crippen LogP contribution < -0.4 is 5.32 Å². The van der Waals surface area contributed by atoms with Gasteiger partial charge in [-0.25, -0.2) is 4.39 Å². The van der Waals surface area contributed by atoms with Crippen LogP contribution in [0.25, 0.3) is 0 Å². The van der Waals surface area contributed by atoms with Crippen LogP contribution in [0.1, 0.15) is 45.1 Å². The molecule has 0 spiro atoms. The largest absolute Gasteiger partial charge is 0.316 e. The van der Waals surface area contributed by atoms with Gasteiger partial charge in [-0.2, -0.15) is 0 Å². The highest BCUT2D eigenvalue weighted by molar-refractivity contribution is 5.22. The van der Waals surface area contributed by atoms with Gasteiger partial charge >= 0.3 is 0 Å². The monoisotopic (exact) mass is 237 g/mol. The van der Waals surface area contributed by atoms with Gasteiger partial charge in [-0.05, 0) is 36.4 Å². The van der Waals surface area contributed by atoms with Gasteiger partial charge in [0.2, 0.25) is 0 Å². The Morgan fingerprint density at radius 3 is 2.47 bits per heavy atom. The smallest absolute Gasteiger partial charge is 0.126 e. The van der Waals surface area contributed by atoms with Crippen LogP contribution in [0.15, 0.2) is 24.3 Å². The molecule has 0 saturated heterocycles. The summed E-state index contributed by atoms with van der Waals surface area (Å²) in [7, 11) is 0. The van der Waals surface area contributed by atoms with E-state index in [1.807, 2.05) is 12.1 Å². The van der Waals surface area contributed by atoms with Crippen LogP contribution in [-0.4, -0.2) is 13.1 Å². The number of rotatable bonds is 7. The van der Waals surface area contributed by atoms with E-state index in [4.69, 9.17) is 0 Å². The van der Waals surface area contributed by atoms with Crippen molar-refractivity contribution >= 4 is 0 Å². The van der Waals surface area contributed by atoms with E-state index in [0.29, 0.717) is 11.8 Å². The molecule has 0 radical (unpaired) electrons. The van der Waals surface area contributed by atoms with Gasteiger partial charge in [-0.3, -0.25) is 0 Å². The second-order valence-electron chi connectivity index (χ2n) is 5.00. The molecule has 17 heavy (non-hydrogen) atoms. The Kier molecular flexibility index (Phi) is 6.20. The Bertz CT molecular complexity index is 322. The van der Waals surface area contributed by atoms with Gasteiger partial charge in [0.05, 0.1) is 0 Å². The maximum Gasteiger partial charge on any atom is 0.126 e. The minimum atomic E-state index is -0.0702. The lowest BCUT2D eigenvalue weighted by Gasteiger charge is -2.19. The molecule has 1 N–H and O–H groups in total. The summed E-state index contributed by atoms with van der Waals surface area (Å²) >= 11 is 0. The van der Waals surface area contributed by atoms with Gasteiger partial charge in [-0.15, -0.1) is 0 Å². The summed E-state index contributed by atoms with van der Waals surface area (Å²) in [5.74, 6) is 0.892. The van der Waals surface area contributed by atoms with Crippen LogP contribution in [0, 0.1) is 11.7 Å². The first-order valence-electron chi connectivity index (χ1n) is 6.60. The first kappa shape index (κ1) is 14.2. The van der Waals surface area contributed by atoms with Gasteiger partial charge < -0.3 is 5.32 Å². The molecule has 0 fully saturated rings. The van der Waals surface area contributed by atoms with Crippen LogP contribution in [0.2, 0.25) is 0 Å². The quantitative estimate of drug-likeness (QED) is 0.757. The second kappa shape index (κ2) is 7.44.